The molecule has 1 atom stereocenters. The van der Waals surface area contributed by atoms with E-state index in [2.05, 4.69) is 55.2 Å². The van der Waals surface area contributed by atoms with Gasteiger partial charge in [0.25, 0.3) is 0 Å². The predicted molar refractivity (Wildman–Crippen MR) is 93.0 cm³/mol. The predicted octanol–water partition coefficient (Wildman–Crippen LogP) is 3.59. The van der Waals surface area contributed by atoms with Crippen molar-refractivity contribution < 1.29 is 0 Å². The zero-order chi connectivity index (χ0) is 15.7. The molecule has 0 aliphatic heterocycles. The Labute approximate surface area is 133 Å². The Morgan fingerprint density at radius 3 is 2.62 bits per heavy atom. The first kappa shape index (κ1) is 18.0. The van der Waals surface area contributed by atoms with Crippen LogP contribution in [0.2, 0.25) is 0 Å². The lowest BCUT2D eigenvalue weighted by Gasteiger charge is -2.18. The second-order valence-electron chi connectivity index (χ2n) is 5.79. The maximum absolute atomic E-state index is 4.64. The highest BCUT2D eigenvalue weighted by atomic mass is 32.1. The molecule has 0 aromatic carbocycles. The van der Waals surface area contributed by atoms with E-state index in [-0.39, 0.29) is 0 Å². The third-order valence-electron chi connectivity index (χ3n) is 3.23. The molecule has 1 heterocycles. The molecule has 5 heteroatoms. The van der Waals surface area contributed by atoms with Gasteiger partial charge in [-0.1, -0.05) is 20.8 Å². The molecule has 0 aliphatic rings. The molecule has 120 valence electrons. The molecule has 1 rings (SSSR count). The van der Waals surface area contributed by atoms with Crippen molar-refractivity contribution in [3.8, 4) is 0 Å². The van der Waals surface area contributed by atoms with Gasteiger partial charge in [-0.05, 0) is 39.0 Å². The summed E-state index contributed by atoms with van der Waals surface area (Å²) in [6.07, 6.45) is 5.41. The summed E-state index contributed by atoms with van der Waals surface area (Å²) < 4.78 is 0. The van der Waals surface area contributed by atoms with Crippen molar-refractivity contribution in [2.45, 2.75) is 66.5 Å². The first-order valence-corrected chi connectivity index (χ1v) is 8.85. The molecule has 0 saturated heterocycles. The average Bonchev–Trinajstić information content (AvgIpc) is 2.91. The Hall–Kier alpha value is -1.10. The molecule has 0 aliphatic carbocycles. The molecule has 0 bridgehead atoms. The Bertz CT molecular complexity index is 426. The Morgan fingerprint density at radius 2 is 2.05 bits per heavy atom. The van der Waals surface area contributed by atoms with Crippen LogP contribution >= 0.6 is 11.3 Å². The number of nitrogens with zero attached hydrogens (tertiary/aromatic N) is 2. The molecule has 0 amide bonds. The monoisotopic (exact) mass is 310 g/mol. The zero-order valence-electron chi connectivity index (χ0n) is 14.1. The third kappa shape index (κ3) is 7.46. The summed E-state index contributed by atoms with van der Waals surface area (Å²) >= 11 is 1.75. The van der Waals surface area contributed by atoms with E-state index < -0.39 is 0 Å². The van der Waals surface area contributed by atoms with Gasteiger partial charge in [0.1, 0.15) is 5.01 Å². The molecule has 0 spiro atoms. The Kier molecular flexibility index (Phi) is 8.35. The van der Waals surface area contributed by atoms with Gasteiger partial charge < -0.3 is 10.6 Å². The minimum absolute atomic E-state index is 0.438. The van der Waals surface area contributed by atoms with Crippen molar-refractivity contribution in [1.29, 1.82) is 0 Å². The van der Waals surface area contributed by atoms with Crippen molar-refractivity contribution in [3.05, 3.63) is 16.1 Å². The van der Waals surface area contributed by atoms with Crippen molar-refractivity contribution >= 4 is 17.3 Å². The fraction of sp³-hybridized carbons (Fsp3) is 0.750. The summed E-state index contributed by atoms with van der Waals surface area (Å²) in [6.45, 7) is 12.5. The van der Waals surface area contributed by atoms with Crippen molar-refractivity contribution in [3.63, 3.8) is 0 Å². The van der Waals surface area contributed by atoms with Gasteiger partial charge in [-0.3, -0.25) is 0 Å². The van der Waals surface area contributed by atoms with Crippen LogP contribution in [0.5, 0.6) is 0 Å². The van der Waals surface area contributed by atoms with E-state index >= 15 is 0 Å². The average molecular weight is 311 g/mol. The number of nitrogens with one attached hydrogen (secondary N) is 2. The first-order chi connectivity index (χ1) is 10.0. The van der Waals surface area contributed by atoms with E-state index in [0.29, 0.717) is 12.6 Å². The van der Waals surface area contributed by atoms with Crippen LogP contribution in [0.25, 0.3) is 0 Å². The quantitative estimate of drug-likeness (QED) is 0.570. The molecule has 0 fully saturated rings. The van der Waals surface area contributed by atoms with E-state index in [0.717, 1.165) is 29.9 Å². The molecule has 2 N–H and O–H groups in total. The van der Waals surface area contributed by atoms with E-state index in [4.69, 9.17) is 0 Å². The van der Waals surface area contributed by atoms with Gasteiger partial charge in [0.15, 0.2) is 5.96 Å². The van der Waals surface area contributed by atoms with Gasteiger partial charge in [-0.25, -0.2) is 9.98 Å². The lowest BCUT2D eigenvalue weighted by molar-refractivity contribution is 0.489. The molecule has 0 saturated carbocycles. The summed E-state index contributed by atoms with van der Waals surface area (Å²) in [7, 11) is 0. The standard InChI is InChI=1S/C16H30N4S/c1-6-14-10-18-15(21-14)11-19-16(17-7-2)20-13(5)9-8-12(3)4/h10,12-13H,6-9,11H2,1-5H3,(H2,17,19,20). The number of rotatable bonds is 8. The SMILES string of the molecule is CCNC(=NCc1ncc(CC)s1)NC(C)CCC(C)C. The largest absolute Gasteiger partial charge is 0.357 e. The smallest absolute Gasteiger partial charge is 0.191 e. The molecule has 1 aromatic rings. The van der Waals surface area contributed by atoms with Crippen LogP contribution < -0.4 is 10.6 Å². The van der Waals surface area contributed by atoms with Crippen LogP contribution in [0, 0.1) is 5.92 Å². The van der Waals surface area contributed by atoms with E-state index in [1.54, 1.807) is 11.3 Å². The third-order valence-corrected chi connectivity index (χ3v) is 4.35. The fourth-order valence-corrected chi connectivity index (χ4v) is 2.73. The maximum Gasteiger partial charge on any atom is 0.191 e. The second kappa shape index (κ2) is 9.77. The van der Waals surface area contributed by atoms with Crippen LogP contribution in [0.15, 0.2) is 11.2 Å². The van der Waals surface area contributed by atoms with Crippen LogP contribution in [0.4, 0.5) is 0 Å². The van der Waals surface area contributed by atoms with Crippen LogP contribution in [0.1, 0.15) is 57.3 Å². The van der Waals surface area contributed by atoms with Gasteiger partial charge in [-0.2, -0.15) is 0 Å². The van der Waals surface area contributed by atoms with Gasteiger partial charge in [0, 0.05) is 23.7 Å². The van der Waals surface area contributed by atoms with Crippen molar-refractivity contribution in [2.24, 2.45) is 10.9 Å². The highest BCUT2D eigenvalue weighted by molar-refractivity contribution is 7.11. The highest BCUT2D eigenvalue weighted by Gasteiger charge is 2.07. The minimum Gasteiger partial charge on any atom is -0.357 e. The maximum atomic E-state index is 4.64. The van der Waals surface area contributed by atoms with Crippen LogP contribution in [-0.2, 0) is 13.0 Å². The fourth-order valence-electron chi connectivity index (χ4n) is 1.94. The van der Waals surface area contributed by atoms with Gasteiger partial charge in [0.05, 0.1) is 6.54 Å². The molecule has 0 radical (unpaired) electrons. The second-order valence-corrected chi connectivity index (χ2v) is 6.99. The molecular weight excluding hydrogens is 280 g/mol. The highest BCUT2D eigenvalue weighted by Crippen LogP contribution is 2.14. The van der Waals surface area contributed by atoms with E-state index in [1.807, 2.05) is 6.20 Å². The molecule has 1 aromatic heterocycles. The van der Waals surface area contributed by atoms with Crippen LogP contribution in [-0.4, -0.2) is 23.5 Å². The summed E-state index contributed by atoms with van der Waals surface area (Å²) in [5.74, 6) is 1.64. The molecule has 21 heavy (non-hydrogen) atoms. The number of aryl methyl sites for hydroxylation is 1. The van der Waals surface area contributed by atoms with Gasteiger partial charge in [-0.15, -0.1) is 11.3 Å². The lowest BCUT2D eigenvalue weighted by Crippen LogP contribution is -2.42. The topological polar surface area (TPSA) is 49.3 Å². The number of hydrogen-bond acceptors (Lipinski definition) is 3. The zero-order valence-corrected chi connectivity index (χ0v) is 14.9. The van der Waals surface area contributed by atoms with Crippen LogP contribution in [0.3, 0.4) is 0 Å². The summed E-state index contributed by atoms with van der Waals surface area (Å²) in [5.41, 5.74) is 0. The number of thiazole rings is 1. The Morgan fingerprint density at radius 1 is 1.29 bits per heavy atom. The molecular formula is C16H30N4S. The van der Waals surface area contributed by atoms with E-state index in [9.17, 15) is 0 Å². The number of hydrogen-bond donors (Lipinski definition) is 2. The Balaban J connectivity index is 2.52. The lowest BCUT2D eigenvalue weighted by atomic mass is 10.0. The number of aliphatic imine (C=N–C) groups is 1. The summed E-state index contributed by atoms with van der Waals surface area (Å²) in [6, 6.07) is 0.438. The number of guanidine groups is 1. The van der Waals surface area contributed by atoms with Crippen molar-refractivity contribution in [1.82, 2.24) is 15.6 Å². The van der Waals surface area contributed by atoms with Gasteiger partial charge >= 0.3 is 0 Å². The minimum atomic E-state index is 0.438. The normalized spacial score (nSPS) is 13.5. The number of aromatic nitrogens is 1. The van der Waals surface area contributed by atoms with Crippen molar-refractivity contribution in [2.75, 3.05) is 6.54 Å². The first-order valence-electron chi connectivity index (χ1n) is 8.03. The molecule has 1 unspecified atom stereocenters. The van der Waals surface area contributed by atoms with Gasteiger partial charge in [0.2, 0.25) is 0 Å². The molecule has 4 nitrogen and oxygen atoms in total. The van der Waals surface area contributed by atoms with E-state index in [1.165, 1.54) is 17.7 Å². The summed E-state index contributed by atoms with van der Waals surface area (Å²) in [4.78, 5) is 10.4. The summed E-state index contributed by atoms with van der Waals surface area (Å²) in [5, 5.41) is 7.87.